The van der Waals surface area contributed by atoms with Gasteiger partial charge in [-0.25, -0.2) is 9.97 Å². The summed E-state index contributed by atoms with van der Waals surface area (Å²) in [6, 6.07) is 5.37. The van der Waals surface area contributed by atoms with Gasteiger partial charge in [-0.15, -0.1) is 13.2 Å². The number of benzene rings is 1. The summed E-state index contributed by atoms with van der Waals surface area (Å²) in [6.07, 6.45) is -1.93. The van der Waals surface area contributed by atoms with E-state index < -0.39 is 6.36 Å². The Bertz CT molecular complexity index is 556. The van der Waals surface area contributed by atoms with E-state index in [4.69, 9.17) is 5.11 Å². The van der Waals surface area contributed by atoms with Crippen LogP contribution in [0.5, 0.6) is 5.75 Å². The third-order valence-corrected chi connectivity index (χ3v) is 2.21. The number of aliphatic hydroxyl groups excluding tert-OH is 1. The van der Waals surface area contributed by atoms with Crippen LogP contribution in [-0.4, -0.2) is 21.4 Å². The Morgan fingerprint density at radius 2 is 1.84 bits per heavy atom. The first-order valence-electron chi connectivity index (χ1n) is 5.26. The Morgan fingerprint density at radius 3 is 2.42 bits per heavy atom. The highest BCUT2D eigenvalue weighted by Crippen LogP contribution is 2.26. The van der Waals surface area contributed by atoms with Gasteiger partial charge in [0.1, 0.15) is 5.75 Å². The van der Waals surface area contributed by atoms with E-state index in [1.807, 2.05) is 0 Å². The maximum Gasteiger partial charge on any atom is 0.573 e. The summed E-state index contributed by atoms with van der Waals surface area (Å²) < 4.78 is 40.1. The van der Waals surface area contributed by atoms with Crippen LogP contribution in [0.3, 0.4) is 0 Å². The quantitative estimate of drug-likeness (QED) is 0.931. The van der Waals surface area contributed by atoms with E-state index in [9.17, 15) is 13.2 Å². The lowest BCUT2D eigenvalue weighted by atomic mass is 10.2. The lowest BCUT2D eigenvalue weighted by Crippen LogP contribution is -2.17. The number of aromatic nitrogens is 2. The van der Waals surface area contributed by atoms with Gasteiger partial charge in [0.25, 0.3) is 0 Å². The second kappa shape index (κ2) is 5.23. The zero-order valence-electron chi connectivity index (χ0n) is 9.55. The first kappa shape index (κ1) is 13.3. The number of hydrogen-bond donors (Lipinski definition) is 1. The highest BCUT2D eigenvalue weighted by Gasteiger charge is 2.31. The minimum absolute atomic E-state index is 0.197. The molecule has 0 radical (unpaired) electrons. The van der Waals surface area contributed by atoms with E-state index in [0.717, 1.165) is 0 Å². The zero-order chi connectivity index (χ0) is 13.9. The first-order valence-corrected chi connectivity index (χ1v) is 5.26. The van der Waals surface area contributed by atoms with Crippen LogP contribution >= 0.6 is 0 Å². The van der Waals surface area contributed by atoms with Crippen LogP contribution in [-0.2, 0) is 6.61 Å². The van der Waals surface area contributed by atoms with E-state index in [1.165, 1.54) is 30.6 Å². The molecule has 1 heterocycles. The Balaban J connectivity index is 2.27. The lowest BCUT2D eigenvalue weighted by Gasteiger charge is -2.09. The van der Waals surface area contributed by atoms with Crippen molar-refractivity contribution in [3.63, 3.8) is 0 Å². The summed E-state index contributed by atoms with van der Waals surface area (Å²) >= 11 is 0. The fourth-order valence-electron chi connectivity index (χ4n) is 1.42. The number of alkyl halides is 3. The van der Waals surface area contributed by atoms with Gasteiger partial charge in [0.2, 0.25) is 0 Å². The number of aliphatic hydroxyl groups is 1. The van der Waals surface area contributed by atoms with Gasteiger partial charge in [-0.1, -0.05) is 12.1 Å². The number of halogens is 3. The predicted molar refractivity (Wildman–Crippen MR) is 60.1 cm³/mol. The highest BCUT2D eigenvalue weighted by molar-refractivity contribution is 5.57. The Kier molecular flexibility index (Phi) is 3.66. The van der Waals surface area contributed by atoms with Gasteiger partial charge in [0.15, 0.2) is 5.82 Å². The van der Waals surface area contributed by atoms with Crippen molar-refractivity contribution in [3.05, 3.63) is 42.2 Å². The molecule has 4 nitrogen and oxygen atoms in total. The van der Waals surface area contributed by atoms with Crippen LogP contribution < -0.4 is 4.74 Å². The molecule has 0 aliphatic rings. The second-order valence-corrected chi connectivity index (χ2v) is 3.65. The monoisotopic (exact) mass is 270 g/mol. The fraction of sp³-hybridized carbons (Fsp3) is 0.167. The minimum Gasteiger partial charge on any atom is -0.406 e. The summed E-state index contributed by atoms with van der Waals surface area (Å²) in [7, 11) is 0. The maximum absolute atomic E-state index is 12.1. The molecule has 0 amide bonds. The summed E-state index contributed by atoms with van der Waals surface area (Å²) in [5, 5.41) is 8.85. The molecule has 1 aromatic carbocycles. The molecule has 7 heteroatoms. The van der Waals surface area contributed by atoms with Gasteiger partial charge in [-0.2, -0.15) is 0 Å². The third-order valence-electron chi connectivity index (χ3n) is 2.21. The van der Waals surface area contributed by atoms with Crippen LogP contribution in [0, 0.1) is 0 Å². The molecule has 0 atom stereocenters. The van der Waals surface area contributed by atoms with Crippen molar-refractivity contribution < 1.29 is 23.0 Å². The molecule has 0 spiro atoms. The summed E-state index contributed by atoms with van der Waals surface area (Å²) in [6.45, 7) is -0.197. The van der Waals surface area contributed by atoms with E-state index in [1.54, 1.807) is 6.07 Å². The zero-order valence-corrected chi connectivity index (χ0v) is 9.55. The van der Waals surface area contributed by atoms with Gasteiger partial charge in [-0.05, 0) is 12.1 Å². The van der Waals surface area contributed by atoms with Crippen LogP contribution in [0.4, 0.5) is 13.2 Å². The molecule has 0 bridgehead atoms. The fourth-order valence-corrected chi connectivity index (χ4v) is 1.42. The Hall–Kier alpha value is -2.15. The molecule has 0 fully saturated rings. The molecule has 2 aromatic rings. The number of rotatable bonds is 3. The number of ether oxygens (including phenoxy) is 1. The van der Waals surface area contributed by atoms with Crippen molar-refractivity contribution >= 4 is 0 Å². The van der Waals surface area contributed by atoms with Crippen molar-refractivity contribution in [3.8, 4) is 17.1 Å². The van der Waals surface area contributed by atoms with Gasteiger partial charge in [0, 0.05) is 23.5 Å². The van der Waals surface area contributed by atoms with Crippen molar-refractivity contribution in [2.24, 2.45) is 0 Å². The van der Waals surface area contributed by atoms with Crippen molar-refractivity contribution in [1.29, 1.82) is 0 Å². The van der Waals surface area contributed by atoms with Crippen LogP contribution in [0.15, 0.2) is 36.7 Å². The molecule has 0 saturated heterocycles. The van der Waals surface area contributed by atoms with Crippen LogP contribution in [0.1, 0.15) is 5.56 Å². The summed E-state index contributed by atoms with van der Waals surface area (Å²) in [5.74, 6) is -0.0790. The molecule has 0 saturated carbocycles. The van der Waals surface area contributed by atoms with Gasteiger partial charge < -0.3 is 9.84 Å². The molecule has 0 aliphatic carbocycles. The third kappa shape index (κ3) is 3.65. The smallest absolute Gasteiger partial charge is 0.406 e. The summed E-state index contributed by atoms with van der Waals surface area (Å²) in [4.78, 5) is 7.90. The molecule has 100 valence electrons. The van der Waals surface area contributed by atoms with Crippen LogP contribution in [0.25, 0.3) is 11.4 Å². The van der Waals surface area contributed by atoms with E-state index in [0.29, 0.717) is 11.1 Å². The molecule has 19 heavy (non-hydrogen) atoms. The number of nitrogens with zero attached hydrogens (tertiary/aromatic N) is 2. The van der Waals surface area contributed by atoms with Gasteiger partial charge in [0.05, 0.1) is 6.61 Å². The molecule has 0 unspecified atom stereocenters. The SMILES string of the molecule is OCc1cnc(-c2cccc(OC(F)(F)F)c2)nc1. The Labute approximate surface area is 106 Å². The van der Waals surface area contributed by atoms with Crippen molar-refractivity contribution in [1.82, 2.24) is 9.97 Å². The molecule has 0 aliphatic heterocycles. The minimum atomic E-state index is -4.74. The van der Waals surface area contributed by atoms with E-state index in [-0.39, 0.29) is 18.2 Å². The van der Waals surface area contributed by atoms with E-state index >= 15 is 0 Å². The molecular weight excluding hydrogens is 261 g/mol. The molecule has 1 N–H and O–H groups in total. The van der Waals surface area contributed by atoms with E-state index in [2.05, 4.69) is 14.7 Å². The molecule has 1 aromatic heterocycles. The molecular formula is C12H9F3N2O2. The normalized spacial score (nSPS) is 11.4. The standard InChI is InChI=1S/C12H9F3N2O2/c13-12(14,15)19-10-3-1-2-9(4-10)11-16-5-8(7-18)6-17-11/h1-6,18H,7H2. The van der Waals surface area contributed by atoms with Gasteiger partial charge in [-0.3, -0.25) is 0 Å². The molecule has 2 rings (SSSR count). The van der Waals surface area contributed by atoms with Gasteiger partial charge >= 0.3 is 6.36 Å². The van der Waals surface area contributed by atoms with Crippen molar-refractivity contribution in [2.75, 3.05) is 0 Å². The topological polar surface area (TPSA) is 55.2 Å². The number of hydrogen-bond acceptors (Lipinski definition) is 4. The largest absolute Gasteiger partial charge is 0.573 e. The Morgan fingerprint density at radius 1 is 1.16 bits per heavy atom. The highest BCUT2D eigenvalue weighted by atomic mass is 19.4. The maximum atomic E-state index is 12.1. The summed E-state index contributed by atoms with van der Waals surface area (Å²) in [5.41, 5.74) is 0.915. The average Bonchev–Trinajstić information content (AvgIpc) is 2.37. The van der Waals surface area contributed by atoms with Crippen molar-refractivity contribution in [2.45, 2.75) is 13.0 Å². The lowest BCUT2D eigenvalue weighted by molar-refractivity contribution is -0.274. The average molecular weight is 270 g/mol. The van der Waals surface area contributed by atoms with Crippen LogP contribution in [0.2, 0.25) is 0 Å². The second-order valence-electron chi connectivity index (χ2n) is 3.65. The first-order chi connectivity index (χ1) is 8.98. The predicted octanol–water partition coefficient (Wildman–Crippen LogP) is 2.53.